The topological polar surface area (TPSA) is 59.4 Å². The number of carbonyl (C=O) groups is 1. The summed E-state index contributed by atoms with van der Waals surface area (Å²) in [4.78, 5) is 15.6. The third-order valence-electron chi connectivity index (χ3n) is 6.17. The lowest BCUT2D eigenvalue weighted by atomic mass is 9.73. The molecule has 6 heteroatoms. The van der Waals surface area contributed by atoms with Crippen LogP contribution >= 0.6 is 0 Å². The van der Waals surface area contributed by atoms with E-state index in [1.807, 2.05) is 17.7 Å². The van der Waals surface area contributed by atoms with Crippen molar-refractivity contribution in [3.8, 4) is 0 Å². The number of likely N-dealkylation sites (tertiary alicyclic amines) is 1. The van der Waals surface area contributed by atoms with Crippen LogP contribution < -0.4 is 5.32 Å². The Bertz CT molecular complexity index is 821. The van der Waals surface area contributed by atoms with Crippen molar-refractivity contribution < 1.29 is 9.53 Å². The molecule has 0 aliphatic carbocycles. The highest BCUT2D eigenvalue weighted by molar-refractivity contribution is 5.84. The summed E-state index contributed by atoms with van der Waals surface area (Å²) >= 11 is 0. The molecule has 2 aromatic rings. The normalized spacial score (nSPS) is 21.1. The van der Waals surface area contributed by atoms with Gasteiger partial charge in [-0.15, -0.1) is 0 Å². The zero-order valence-electron chi connectivity index (χ0n) is 17.6. The van der Waals surface area contributed by atoms with Crippen LogP contribution in [0, 0.1) is 25.2 Å². The molecule has 0 saturated carbocycles. The minimum absolute atomic E-state index is 0.168. The lowest BCUT2D eigenvalue weighted by molar-refractivity contribution is -0.142. The van der Waals surface area contributed by atoms with Crippen molar-refractivity contribution >= 4 is 5.91 Å². The fourth-order valence-corrected chi connectivity index (χ4v) is 4.72. The Morgan fingerprint density at radius 1 is 1.28 bits per heavy atom. The Morgan fingerprint density at radius 3 is 2.72 bits per heavy atom. The van der Waals surface area contributed by atoms with Crippen LogP contribution in [0.25, 0.3) is 0 Å². The summed E-state index contributed by atoms with van der Waals surface area (Å²) in [5.74, 6) is 0.778. The van der Waals surface area contributed by atoms with Crippen molar-refractivity contribution in [2.45, 2.75) is 33.2 Å². The van der Waals surface area contributed by atoms with E-state index in [0.29, 0.717) is 19.0 Å². The molecule has 1 N–H and O–H groups in total. The molecule has 29 heavy (non-hydrogen) atoms. The van der Waals surface area contributed by atoms with Gasteiger partial charge in [-0.05, 0) is 44.2 Å². The van der Waals surface area contributed by atoms with Gasteiger partial charge in [0.25, 0.3) is 0 Å². The Morgan fingerprint density at radius 2 is 2.07 bits per heavy atom. The molecular weight excluding hydrogens is 364 g/mol. The van der Waals surface area contributed by atoms with E-state index < -0.39 is 0 Å². The predicted octanol–water partition coefficient (Wildman–Crippen LogP) is 2.20. The Balaban J connectivity index is 1.36. The SMILES string of the molecule is Cc1cc(C)n(CCNC(=O)C2(Cc3ccccc3)CN(CC3CCOC3)C2)n1. The molecule has 0 bridgehead atoms. The minimum Gasteiger partial charge on any atom is -0.381 e. The first-order chi connectivity index (χ1) is 14.0. The smallest absolute Gasteiger partial charge is 0.229 e. The van der Waals surface area contributed by atoms with Gasteiger partial charge in [0.05, 0.1) is 24.3 Å². The highest BCUT2D eigenvalue weighted by Gasteiger charge is 2.49. The van der Waals surface area contributed by atoms with Crippen LogP contribution in [0.15, 0.2) is 36.4 Å². The number of aryl methyl sites for hydroxylation is 2. The number of ether oxygens (including phenoxy) is 1. The fraction of sp³-hybridized carbons (Fsp3) is 0.565. The maximum absolute atomic E-state index is 13.2. The van der Waals surface area contributed by atoms with Gasteiger partial charge in [-0.1, -0.05) is 30.3 Å². The van der Waals surface area contributed by atoms with E-state index >= 15 is 0 Å². The lowest BCUT2D eigenvalue weighted by Crippen LogP contribution is -2.65. The van der Waals surface area contributed by atoms with Crippen LogP contribution in [-0.2, 0) is 22.5 Å². The lowest BCUT2D eigenvalue weighted by Gasteiger charge is -2.50. The summed E-state index contributed by atoms with van der Waals surface area (Å²) in [5, 5.41) is 7.68. The number of rotatable bonds is 8. The van der Waals surface area contributed by atoms with E-state index in [9.17, 15) is 4.79 Å². The number of carbonyl (C=O) groups excluding carboxylic acids is 1. The van der Waals surface area contributed by atoms with Crippen molar-refractivity contribution in [2.75, 3.05) is 39.4 Å². The first kappa shape index (κ1) is 20.1. The first-order valence-corrected chi connectivity index (χ1v) is 10.7. The van der Waals surface area contributed by atoms with Gasteiger partial charge in [0.15, 0.2) is 0 Å². The number of nitrogens with one attached hydrogen (secondary N) is 1. The van der Waals surface area contributed by atoms with E-state index in [0.717, 1.165) is 57.1 Å². The number of hydrogen-bond donors (Lipinski definition) is 1. The molecule has 2 saturated heterocycles. The average molecular weight is 397 g/mol. The Hall–Kier alpha value is -2.18. The van der Waals surface area contributed by atoms with E-state index in [4.69, 9.17) is 4.74 Å². The number of amides is 1. The molecule has 0 radical (unpaired) electrons. The molecule has 1 atom stereocenters. The van der Waals surface area contributed by atoms with Crippen molar-refractivity contribution in [1.29, 1.82) is 0 Å². The van der Waals surface area contributed by atoms with Crippen LogP contribution in [0.1, 0.15) is 23.4 Å². The van der Waals surface area contributed by atoms with Crippen molar-refractivity contribution in [3.63, 3.8) is 0 Å². The van der Waals surface area contributed by atoms with Crippen molar-refractivity contribution in [1.82, 2.24) is 20.0 Å². The molecule has 4 rings (SSSR count). The summed E-state index contributed by atoms with van der Waals surface area (Å²) in [6.45, 7) is 9.77. The van der Waals surface area contributed by atoms with Gasteiger partial charge in [0.2, 0.25) is 5.91 Å². The number of nitrogens with zero attached hydrogens (tertiary/aromatic N) is 3. The van der Waals surface area contributed by atoms with Crippen molar-refractivity contribution in [2.24, 2.45) is 11.3 Å². The van der Waals surface area contributed by atoms with E-state index in [2.05, 4.69) is 52.6 Å². The second-order valence-corrected chi connectivity index (χ2v) is 8.75. The van der Waals surface area contributed by atoms with Crippen LogP contribution in [-0.4, -0.2) is 60.0 Å². The molecule has 1 aromatic carbocycles. The molecule has 156 valence electrons. The van der Waals surface area contributed by atoms with E-state index in [1.165, 1.54) is 5.56 Å². The van der Waals surface area contributed by atoms with E-state index in [1.54, 1.807) is 0 Å². The average Bonchev–Trinajstić information content (AvgIpc) is 3.29. The predicted molar refractivity (Wildman–Crippen MR) is 113 cm³/mol. The van der Waals surface area contributed by atoms with Gasteiger partial charge in [-0.3, -0.25) is 9.48 Å². The van der Waals surface area contributed by atoms with Crippen LogP contribution in [0.3, 0.4) is 0 Å². The summed E-state index contributed by atoms with van der Waals surface area (Å²) in [6, 6.07) is 12.4. The molecule has 1 unspecified atom stereocenters. The van der Waals surface area contributed by atoms with Gasteiger partial charge >= 0.3 is 0 Å². The second-order valence-electron chi connectivity index (χ2n) is 8.75. The highest BCUT2D eigenvalue weighted by Crippen LogP contribution is 2.35. The maximum atomic E-state index is 13.2. The molecule has 2 aliphatic rings. The number of benzene rings is 1. The molecule has 2 aliphatic heterocycles. The number of hydrogen-bond acceptors (Lipinski definition) is 4. The van der Waals surface area contributed by atoms with Gasteiger partial charge in [0.1, 0.15) is 0 Å². The molecular formula is C23H32N4O2. The zero-order valence-corrected chi connectivity index (χ0v) is 17.6. The fourth-order valence-electron chi connectivity index (χ4n) is 4.72. The van der Waals surface area contributed by atoms with Crippen LogP contribution in [0.2, 0.25) is 0 Å². The molecule has 0 spiro atoms. The third kappa shape index (κ3) is 4.70. The molecule has 3 heterocycles. The third-order valence-corrected chi connectivity index (χ3v) is 6.17. The van der Waals surface area contributed by atoms with Crippen LogP contribution in [0.5, 0.6) is 0 Å². The zero-order chi connectivity index (χ0) is 20.3. The summed E-state index contributed by atoms with van der Waals surface area (Å²) in [5.41, 5.74) is 3.03. The number of aromatic nitrogens is 2. The summed E-state index contributed by atoms with van der Waals surface area (Å²) in [6.07, 6.45) is 1.92. The van der Waals surface area contributed by atoms with Gasteiger partial charge < -0.3 is 15.0 Å². The molecule has 1 aromatic heterocycles. The van der Waals surface area contributed by atoms with Crippen LogP contribution in [0.4, 0.5) is 0 Å². The minimum atomic E-state index is -0.337. The maximum Gasteiger partial charge on any atom is 0.229 e. The Kier molecular flexibility index (Phi) is 6.01. The standard InChI is InChI=1S/C23H32N4O2/c1-18-12-19(2)27(25-18)10-9-24-22(28)23(13-20-6-4-3-5-7-20)16-26(17-23)14-21-8-11-29-15-21/h3-7,12,21H,8-11,13-17H2,1-2H3,(H,24,28). The quantitative estimate of drug-likeness (QED) is 0.743. The molecule has 2 fully saturated rings. The van der Waals surface area contributed by atoms with Crippen molar-refractivity contribution in [3.05, 3.63) is 53.3 Å². The van der Waals surface area contributed by atoms with Gasteiger partial charge in [-0.2, -0.15) is 5.10 Å². The largest absolute Gasteiger partial charge is 0.381 e. The monoisotopic (exact) mass is 396 g/mol. The summed E-state index contributed by atoms with van der Waals surface area (Å²) < 4.78 is 7.48. The molecule has 1 amide bonds. The summed E-state index contributed by atoms with van der Waals surface area (Å²) in [7, 11) is 0. The molecule has 6 nitrogen and oxygen atoms in total. The second kappa shape index (κ2) is 8.67. The van der Waals surface area contributed by atoms with E-state index in [-0.39, 0.29) is 11.3 Å². The first-order valence-electron chi connectivity index (χ1n) is 10.7. The highest BCUT2D eigenvalue weighted by atomic mass is 16.5. The van der Waals surface area contributed by atoms with Gasteiger partial charge in [-0.25, -0.2) is 0 Å². The Labute approximate surface area is 173 Å². The van der Waals surface area contributed by atoms with Gasteiger partial charge in [0, 0.05) is 38.5 Å².